The maximum absolute atomic E-state index is 4.29. The molecule has 1 aromatic heterocycles. The predicted octanol–water partition coefficient (Wildman–Crippen LogP) is 3.33. The fraction of sp³-hybridized carbons (Fsp3) is 0.250. The van der Waals surface area contributed by atoms with Gasteiger partial charge in [0.2, 0.25) is 0 Å². The van der Waals surface area contributed by atoms with E-state index < -0.39 is 0 Å². The van der Waals surface area contributed by atoms with E-state index in [0.29, 0.717) is 0 Å². The molecule has 1 N–H and O–H groups in total. The Balaban J connectivity index is 2.30. The lowest BCUT2D eigenvalue weighted by Gasteiger charge is -2.05. The zero-order chi connectivity index (χ0) is 10.5. The zero-order valence-electron chi connectivity index (χ0n) is 8.73. The van der Waals surface area contributed by atoms with E-state index in [1.165, 1.54) is 11.1 Å². The molecule has 2 rings (SSSR count). The lowest BCUT2D eigenvalue weighted by molar-refractivity contribution is 1.27. The van der Waals surface area contributed by atoms with Crippen molar-refractivity contribution >= 4 is 11.8 Å². The van der Waals surface area contributed by atoms with E-state index in [4.69, 9.17) is 0 Å². The number of hydrogen-bond acceptors (Lipinski definition) is 2. The van der Waals surface area contributed by atoms with Crippen molar-refractivity contribution in [1.29, 1.82) is 0 Å². The van der Waals surface area contributed by atoms with Crippen molar-refractivity contribution < 1.29 is 0 Å². The van der Waals surface area contributed by atoms with Crippen LogP contribution < -0.4 is 0 Å². The molecule has 0 saturated carbocycles. The largest absolute Gasteiger partial charge is 0.345 e. The number of benzene rings is 1. The number of rotatable bonds is 4. The molecule has 3 heteroatoms. The zero-order valence-corrected chi connectivity index (χ0v) is 9.55. The van der Waals surface area contributed by atoms with Crippen LogP contribution in [0.3, 0.4) is 0 Å². The number of thioether (sulfide) groups is 1. The Kier molecular flexibility index (Phi) is 3.45. The second-order valence-corrected chi connectivity index (χ2v) is 4.51. The summed E-state index contributed by atoms with van der Waals surface area (Å²) in [6.07, 6.45) is 3.65. The molecule has 0 bridgehead atoms. The molecule has 2 aromatic rings. The van der Waals surface area contributed by atoms with E-state index in [0.717, 1.165) is 17.3 Å². The maximum Gasteiger partial charge on any atom is 0.137 e. The molecule has 0 fully saturated rings. The molecule has 0 aliphatic rings. The maximum atomic E-state index is 4.29. The first kappa shape index (κ1) is 10.3. The van der Waals surface area contributed by atoms with E-state index in [1.54, 1.807) is 6.20 Å². The Bertz CT molecular complexity index is 409. The van der Waals surface area contributed by atoms with Crippen molar-refractivity contribution in [2.24, 2.45) is 0 Å². The molecule has 0 unspecified atom stereocenters. The second kappa shape index (κ2) is 5.03. The first-order chi connectivity index (χ1) is 7.42. The Labute approximate surface area is 94.1 Å². The van der Waals surface area contributed by atoms with Crippen LogP contribution in [0.15, 0.2) is 36.7 Å². The van der Waals surface area contributed by atoms with Crippen molar-refractivity contribution in [3.63, 3.8) is 0 Å². The van der Waals surface area contributed by atoms with Gasteiger partial charge in [-0.15, -0.1) is 0 Å². The third kappa shape index (κ3) is 2.42. The number of hydrogen-bond donors (Lipinski definition) is 1. The second-order valence-electron chi connectivity index (χ2n) is 3.23. The normalized spacial score (nSPS) is 10.5. The van der Waals surface area contributed by atoms with E-state index in [1.807, 2.05) is 18.0 Å². The molecular formula is C12H14N2S. The molecule has 1 heterocycles. The van der Waals surface area contributed by atoms with Crippen LogP contribution in [-0.4, -0.2) is 15.7 Å². The summed E-state index contributed by atoms with van der Waals surface area (Å²) in [6.45, 7) is 2.18. The minimum atomic E-state index is 0.960. The van der Waals surface area contributed by atoms with E-state index >= 15 is 0 Å². The van der Waals surface area contributed by atoms with Crippen molar-refractivity contribution in [2.45, 2.75) is 12.7 Å². The summed E-state index contributed by atoms with van der Waals surface area (Å²) < 4.78 is 0. The van der Waals surface area contributed by atoms with Crippen molar-refractivity contribution in [1.82, 2.24) is 9.97 Å². The number of nitrogens with one attached hydrogen (secondary N) is 1. The minimum absolute atomic E-state index is 0.960. The fourth-order valence-corrected chi connectivity index (χ4v) is 2.18. The van der Waals surface area contributed by atoms with Crippen molar-refractivity contribution in [3.8, 4) is 11.4 Å². The molecular weight excluding hydrogens is 204 g/mol. The standard InChI is InChI=1S/C12H14N2S/c1-2-15-9-10-5-3-4-6-11(10)12-13-7-8-14-12/h3-8H,2,9H2,1H3,(H,13,14). The third-order valence-electron chi connectivity index (χ3n) is 2.23. The Hall–Kier alpha value is -1.22. The van der Waals surface area contributed by atoms with Gasteiger partial charge in [-0.3, -0.25) is 0 Å². The number of imidazole rings is 1. The summed E-state index contributed by atoms with van der Waals surface area (Å²) in [7, 11) is 0. The van der Waals surface area contributed by atoms with E-state index in [2.05, 4.69) is 41.2 Å². The van der Waals surface area contributed by atoms with Gasteiger partial charge in [0.25, 0.3) is 0 Å². The fourth-order valence-electron chi connectivity index (χ4n) is 1.50. The Morgan fingerprint density at radius 2 is 2.20 bits per heavy atom. The highest BCUT2D eigenvalue weighted by Gasteiger charge is 2.05. The quantitative estimate of drug-likeness (QED) is 0.852. The lowest BCUT2D eigenvalue weighted by Crippen LogP contribution is -1.89. The highest BCUT2D eigenvalue weighted by molar-refractivity contribution is 7.98. The van der Waals surface area contributed by atoms with Gasteiger partial charge in [-0.1, -0.05) is 31.2 Å². The van der Waals surface area contributed by atoms with Gasteiger partial charge in [0.05, 0.1) is 0 Å². The summed E-state index contributed by atoms with van der Waals surface area (Å²) in [6, 6.07) is 8.42. The van der Waals surface area contributed by atoms with Gasteiger partial charge in [0, 0.05) is 23.7 Å². The topological polar surface area (TPSA) is 28.7 Å². The van der Waals surface area contributed by atoms with Crippen molar-refractivity contribution in [2.75, 3.05) is 5.75 Å². The van der Waals surface area contributed by atoms with Crippen LogP contribution in [0.4, 0.5) is 0 Å². The van der Waals surface area contributed by atoms with Gasteiger partial charge < -0.3 is 4.98 Å². The van der Waals surface area contributed by atoms with E-state index in [9.17, 15) is 0 Å². The first-order valence-corrected chi connectivity index (χ1v) is 6.22. The van der Waals surface area contributed by atoms with Crippen LogP contribution in [0.25, 0.3) is 11.4 Å². The average Bonchev–Trinajstić information content (AvgIpc) is 2.80. The Morgan fingerprint density at radius 3 is 2.93 bits per heavy atom. The van der Waals surface area contributed by atoms with Crippen LogP contribution in [-0.2, 0) is 5.75 Å². The number of nitrogens with zero attached hydrogens (tertiary/aromatic N) is 1. The monoisotopic (exact) mass is 218 g/mol. The average molecular weight is 218 g/mol. The molecule has 0 aliphatic carbocycles. The molecule has 0 radical (unpaired) electrons. The highest BCUT2D eigenvalue weighted by atomic mass is 32.2. The first-order valence-electron chi connectivity index (χ1n) is 5.07. The molecule has 1 aromatic carbocycles. The van der Waals surface area contributed by atoms with Crippen molar-refractivity contribution in [3.05, 3.63) is 42.2 Å². The molecule has 0 aliphatic heterocycles. The minimum Gasteiger partial charge on any atom is -0.345 e. The number of aromatic nitrogens is 2. The molecule has 2 nitrogen and oxygen atoms in total. The van der Waals surface area contributed by atoms with Gasteiger partial charge >= 0.3 is 0 Å². The van der Waals surface area contributed by atoms with Crippen LogP contribution in [0.5, 0.6) is 0 Å². The third-order valence-corrected chi connectivity index (χ3v) is 3.16. The van der Waals surface area contributed by atoms with Crippen LogP contribution in [0.1, 0.15) is 12.5 Å². The smallest absolute Gasteiger partial charge is 0.137 e. The molecule has 0 atom stereocenters. The lowest BCUT2D eigenvalue weighted by atomic mass is 10.1. The van der Waals surface area contributed by atoms with Crippen LogP contribution >= 0.6 is 11.8 Å². The SMILES string of the molecule is CCSCc1ccccc1-c1ncc[nH]1. The van der Waals surface area contributed by atoms with Gasteiger partial charge in [0.15, 0.2) is 0 Å². The highest BCUT2D eigenvalue weighted by Crippen LogP contribution is 2.23. The summed E-state index contributed by atoms with van der Waals surface area (Å²) in [4.78, 5) is 7.44. The Morgan fingerprint density at radius 1 is 1.33 bits per heavy atom. The predicted molar refractivity (Wildman–Crippen MR) is 65.9 cm³/mol. The van der Waals surface area contributed by atoms with Gasteiger partial charge in [-0.05, 0) is 11.3 Å². The number of aromatic amines is 1. The van der Waals surface area contributed by atoms with Gasteiger partial charge in [-0.25, -0.2) is 4.98 Å². The molecule has 0 amide bonds. The molecule has 78 valence electrons. The van der Waals surface area contributed by atoms with E-state index in [-0.39, 0.29) is 0 Å². The summed E-state index contributed by atoms with van der Waals surface area (Å²) >= 11 is 1.93. The molecule has 0 saturated heterocycles. The summed E-state index contributed by atoms with van der Waals surface area (Å²) in [5.41, 5.74) is 2.56. The summed E-state index contributed by atoms with van der Waals surface area (Å²) in [5.74, 6) is 3.15. The van der Waals surface area contributed by atoms with Crippen LogP contribution in [0, 0.1) is 0 Å². The summed E-state index contributed by atoms with van der Waals surface area (Å²) in [5, 5.41) is 0. The molecule has 0 spiro atoms. The number of H-pyrrole nitrogens is 1. The van der Waals surface area contributed by atoms with Crippen LogP contribution in [0.2, 0.25) is 0 Å². The van der Waals surface area contributed by atoms with Gasteiger partial charge in [-0.2, -0.15) is 11.8 Å². The van der Waals surface area contributed by atoms with Gasteiger partial charge in [0.1, 0.15) is 5.82 Å². The molecule has 15 heavy (non-hydrogen) atoms.